The van der Waals surface area contributed by atoms with Gasteiger partial charge in [-0.1, -0.05) is 18.9 Å². The van der Waals surface area contributed by atoms with Crippen LogP contribution in [-0.2, 0) is 20.7 Å². The van der Waals surface area contributed by atoms with Crippen molar-refractivity contribution in [2.45, 2.75) is 44.3 Å². The van der Waals surface area contributed by atoms with Crippen LogP contribution in [0, 0.1) is 11.8 Å². The number of hydrogen-bond donors (Lipinski definition) is 5. The van der Waals surface area contributed by atoms with Gasteiger partial charge in [-0.25, -0.2) is 0 Å². The molecule has 2 aromatic carbocycles. The van der Waals surface area contributed by atoms with Crippen molar-refractivity contribution < 1.29 is 44.6 Å². The third kappa shape index (κ3) is 4.10. The molecule has 2 aliphatic rings. The van der Waals surface area contributed by atoms with Gasteiger partial charge in [0.1, 0.15) is 23.4 Å². The maximum Gasteiger partial charge on any atom is 0.310 e. The van der Waals surface area contributed by atoms with E-state index in [9.17, 15) is 35.1 Å². The smallest absolute Gasteiger partial charge is 0.310 e. The molecule has 2 aromatic rings. The predicted octanol–water partition coefficient (Wildman–Crippen LogP) is 2.99. The summed E-state index contributed by atoms with van der Waals surface area (Å²) < 4.78 is 11.7. The van der Waals surface area contributed by atoms with Crippen molar-refractivity contribution in [3.05, 3.63) is 41.5 Å². The molecule has 9 nitrogen and oxygen atoms in total. The topological polar surface area (TPSA) is 154 Å². The fourth-order valence-electron chi connectivity index (χ4n) is 4.50. The molecule has 170 valence electrons. The first-order valence-corrected chi connectivity index (χ1v) is 10.4. The van der Waals surface area contributed by atoms with Crippen LogP contribution in [0.5, 0.6) is 28.7 Å². The number of phenols is 4. The third-order valence-corrected chi connectivity index (χ3v) is 6.15. The van der Waals surface area contributed by atoms with Crippen LogP contribution >= 0.6 is 0 Å². The van der Waals surface area contributed by atoms with Gasteiger partial charge in [0.2, 0.25) is 0 Å². The summed E-state index contributed by atoms with van der Waals surface area (Å²) in [6.45, 7) is 0. The Morgan fingerprint density at radius 2 is 1.62 bits per heavy atom. The quantitative estimate of drug-likeness (QED) is 0.354. The van der Waals surface area contributed by atoms with E-state index < -0.39 is 36.0 Å². The molecule has 1 fully saturated rings. The van der Waals surface area contributed by atoms with Gasteiger partial charge in [0.25, 0.3) is 0 Å². The first-order valence-electron chi connectivity index (χ1n) is 10.4. The Kier molecular flexibility index (Phi) is 5.73. The molecule has 1 saturated carbocycles. The lowest BCUT2D eigenvalue weighted by Gasteiger charge is -2.35. The van der Waals surface area contributed by atoms with Gasteiger partial charge < -0.3 is 35.0 Å². The Morgan fingerprint density at radius 3 is 2.31 bits per heavy atom. The molecule has 0 aromatic heterocycles. The number of ether oxygens (including phenoxy) is 2. The summed E-state index contributed by atoms with van der Waals surface area (Å²) in [6.07, 6.45) is 0.440. The number of rotatable bonds is 4. The third-order valence-electron chi connectivity index (χ3n) is 6.15. The van der Waals surface area contributed by atoms with Crippen LogP contribution < -0.4 is 4.74 Å². The zero-order valence-corrected chi connectivity index (χ0v) is 17.1. The summed E-state index contributed by atoms with van der Waals surface area (Å²) >= 11 is 0. The number of carbonyl (C=O) groups is 2. The van der Waals surface area contributed by atoms with Gasteiger partial charge in [-0.05, 0) is 25.0 Å². The van der Waals surface area contributed by atoms with Crippen molar-refractivity contribution in [3.8, 4) is 28.7 Å². The lowest BCUT2D eigenvalue weighted by atomic mass is 9.79. The SMILES string of the molecule is O=C(O)C1CCCCC1C(=O)OC1Cc2c(O)cc(O)cc2OC1c1ccc(O)c(O)c1. The summed E-state index contributed by atoms with van der Waals surface area (Å²) in [5, 5.41) is 49.1. The Labute approximate surface area is 183 Å². The number of hydrogen-bond acceptors (Lipinski definition) is 8. The summed E-state index contributed by atoms with van der Waals surface area (Å²) in [5.41, 5.74) is 0.725. The number of phenolic OH excluding ortho intramolecular Hbond substituents is 4. The van der Waals surface area contributed by atoms with E-state index in [1.54, 1.807) is 0 Å². The molecule has 32 heavy (non-hydrogen) atoms. The fourth-order valence-corrected chi connectivity index (χ4v) is 4.50. The highest BCUT2D eigenvalue weighted by atomic mass is 16.6. The van der Waals surface area contributed by atoms with Gasteiger partial charge in [0, 0.05) is 29.7 Å². The van der Waals surface area contributed by atoms with Crippen molar-refractivity contribution in [2.75, 3.05) is 0 Å². The number of carboxylic acids is 1. The van der Waals surface area contributed by atoms with Crippen molar-refractivity contribution in [1.82, 2.24) is 0 Å². The molecule has 0 bridgehead atoms. The molecule has 5 N–H and O–H groups in total. The lowest BCUT2D eigenvalue weighted by molar-refractivity contribution is -0.168. The Balaban J connectivity index is 1.67. The van der Waals surface area contributed by atoms with Gasteiger partial charge in [-0.15, -0.1) is 0 Å². The minimum absolute atomic E-state index is 0.0456. The number of aliphatic carboxylic acids is 1. The highest BCUT2D eigenvalue weighted by Gasteiger charge is 2.41. The maximum atomic E-state index is 13.0. The first kappa shape index (κ1) is 21.6. The van der Waals surface area contributed by atoms with Crippen molar-refractivity contribution in [1.29, 1.82) is 0 Å². The van der Waals surface area contributed by atoms with E-state index in [4.69, 9.17) is 9.47 Å². The summed E-state index contributed by atoms with van der Waals surface area (Å²) in [5.74, 6) is -4.28. The highest BCUT2D eigenvalue weighted by Crippen LogP contribution is 2.44. The Bertz CT molecular complexity index is 1050. The summed E-state index contributed by atoms with van der Waals surface area (Å²) in [4.78, 5) is 24.6. The molecule has 0 spiro atoms. The number of benzene rings is 2. The van der Waals surface area contributed by atoms with Gasteiger partial charge in [-0.3, -0.25) is 9.59 Å². The van der Waals surface area contributed by atoms with E-state index in [2.05, 4.69) is 0 Å². The fraction of sp³-hybridized carbons (Fsp3) is 0.391. The van der Waals surface area contributed by atoms with Crippen LogP contribution in [0.25, 0.3) is 0 Å². The minimum Gasteiger partial charge on any atom is -0.508 e. The van der Waals surface area contributed by atoms with Crippen molar-refractivity contribution in [3.63, 3.8) is 0 Å². The van der Waals surface area contributed by atoms with Crippen LogP contribution in [0.2, 0.25) is 0 Å². The second-order valence-corrected chi connectivity index (χ2v) is 8.24. The molecule has 4 unspecified atom stereocenters. The zero-order chi connectivity index (χ0) is 23.0. The van der Waals surface area contributed by atoms with Crippen LogP contribution in [0.4, 0.5) is 0 Å². The molecule has 0 amide bonds. The van der Waals surface area contributed by atoms with E-state index in [0.29, 0.717) is 24.0 Å². The van der Waals surface area contributed by atoms with Gasteiger partial charge in [-0.2, -0.15) is 0 Å². The summed E-state index contributed by atoms with van der Waals surface area (Å²) in [7, 11) is 0. The molecule has 4 atom stereocenters. The highest BCUT2D eigenvalue weighted by molar-refractivity contribution is 5.81. The number of carbonyl (C=O) groups excluding carboxylic acids is 1. The second kappa shape index (κ2) is 8.49. The average molecular weight is 444 g/mol. The van der Waals surface area contributed by atoms with Gasteiger partial charge >= 0.3 is 11.9 Å². The molecular formula is C23H24O9. The first-order chi connectivity index (χ1) is 15.2. The van der Waals surface area contributed by atoms with E-state index >= 15 is 0 Å². The molecule has 1 aliphatic carbocycles. The van der Waals surface area contributed by atoms with Crippen LogP contribution in [-0.4, -0.2) is 43.6 Å². The minimum atomic E-state index is -1.04. The second-order valence-electron chi connectivity index (χ2n) is 8.24. The molecule has 1 aliphatic heterocycles. The number of fused-ring (bicyclic) bond motifs is 1. The van der Waals surface area contributed by atoms with Crippen molar-refractivity contribution >= 4 is 11.9 Å². The van der Waals surface area contributed by atoms with E-state index in [0.717, 1.165) is 18.9 Å². The Morgan fingerprint density at radius 1 is 0.906 bits per heavy atom. The van der Waals surface area contributed by atoms with Crippen LogP contribution in [0.15, 0.2) is 30.3 Å². The van der Waals surface area contributed by atoms with Gasteiger partial charge in [0.05, 0.1) is 11.8 Å². The number of carboxylic acid groups (broad SMARTS) is 1. The normalized spacial score (nSPS) is 24.8. The molecule has 0 saturated heterocycles. The number of esters is 1. The average Bonchev–Trinajstić information content (AvgIpc) is 2.75. The molecule has 9 heteroatoms. The van der Waals surface area contributed by atoms with E-state index in [1.807, 2.05) is 0 Å². The molecular weight excluding hydrogens is 420 g/mol. The van der Waals surface area contributed by atoms with E-state index in [1.165, 1.54) is 24.3 Å². The van der Waals surface area contributed by atoms with Crippen LogP contribution in [0.3, 0.4) is 0 Å². The van der Waals surface area contributed by atoms with Crippen LogP contribution in [0.1, 0.15) is 42.9 Å². The standard InChI is InChI=1S/C23H24O9/c24-12-8-17(26)15-10-20(32-23(30)14-4-2-1-3-13(14)22(28)29)21(31-19(15)9-12)11-5-6-16(25)18(27)7-11/h5-9,13-14,20-21,24-27H,1-4,10H2,(H,28,29). The maximum absolute atomic E-state index is 13.0. The summed E-state index contributed by atoms with van der Waals surface area (Å²) in [6, 6.07) is 6.51. The monoisotopic (exact) mass is 444 g/mol. The largest absolute Gasteiger partial charge is 0.508 e. The predicted molar refractivity (Wildman–Crippen MR) is 110 cm³/mol. The van der Waals surface area contributed by atoms with E-state index in [-0.39, 0.29) is 35.2 Å². The molecule has 4 rings (SSSR count). The van der Waals surface area contributed by atoms with Crippen molar-refractivity contribution in [2.24, 2.45) is 11.8 Å². The zero-order valence-electron chi connectivity index (χ0n) is 17.1. The lowest BCUT2D eigenvalue weighted by Crippen LogP contribution is -2.40. The molecule has 1 heterocycles. The van der Waals surface area contributed by atoms with Gasteiger partial charge in [0.15, 0.2) is 17.6 Å². The Hall–Kier alpha value is -3.62. The molecule has 0 radical (unpaired) electrons. The number of aromatic hydroxyl groups is 4.